The van der Waals surface area contributed by atoms with E-state index in [0.29, 0.717) is 5.69 Å². The first-order valence-corrected chi connectivity index (χ1v) is 5.89. The summed E-state index contributed by atoms with van der Waals surface area (Å²) >= 11 is 1.69. The number of hydrogen-bond acceptors (Lipinski definition) is 4. The molecule has 1 heterocycles. The van der Waals surface area contributed by atoms with Crippen molar-refractivity contribution in [3.8, 4) is 6.07 Å². The highest BCUT2D eigenvalue weighted by molar-refractivity contribution is 7.99. The van der Waals surface area contributed by atoms with E-state index in [1.54, 1.807) is 11.8 Å². The number of nitrogens with zero attached hydrogens (tertiary/aromatic N) is 3. The molecule has 0 fully saturated rings. The molecule has 4 heteroatoms. The van der Waals surface area contributed by atoms with Crippen LogP contribution in [0.5, 0.6) is 0 Å². The molecular weight excluding hydrogens is 206 g/mol. The Morgan fingerprint density at radius 3 is 2.73 bits per heavy atom. The van der Waals surface area contributed by atoms with Crippen LogP contribution in [0.4, 0.5) is 5.82 Å². The molecule has 0 aliphatic rings. The summed E-state index contributed by atoms with van der Waals surface area (Å²) in [5.74, 6) is 1.85. The van der Waals surface area contributed by atoms with Gasteiger partial charge in [0.2, 0.25) is 0 Å². The van der Waals surface area contributed by atoms with E-state index >= 15 is 0 Å². The van der Waals surface area contributed by atoms with Gasteiger partial charge in [0.25, 0.3) is 0 Å². The minimum atomic E-state index is 0.527. The van der Waals surface area contributed by atoms with E-state index in [1.807, 2.05) is 31.1 Å². The maximum absolute atomic E-state index is 8.98. The van der Waals surface area contributed by atoms with Gasteiger partial charge < -0.3 is 4.90 Å². The molecule has 0 aliphatic heterocycles. The third kappa shape index (κ3) is 3.14. The van der Waals surface area contributed by atoms with Gasteiger partial charge in [-0.2, -0.15) is 5.26 Å². The second kappa shape index (κ2) is 5.62. The van der Waals surface area contributed by atoms with E-state index in [9.17, 15) is 0 Å². The average molecular weight is 221 g/mol. The molecule has 0 atom stereocenters. The van der Waals surface area contributed by atoms with Crippen LogP contribution in [-0.4, -0.2) is 24.8 Å². The molecule has 0 radical (unpaired) electrons. The van der Waals surface area contributed by atoms with Crippen molar-refractivity contribution in [3.05, 3.63) is 17.8 Å². The first-order chi connectivity index (χ1) is 7.19. The lowest BCUT2D eigenvalue weighted by Crippen LogP contribution is -2.11. The van der Waals surface area contributed by atoms with Crippen molar-refractivity contribution in [2.75, 3.05) is 24.7 Å². The minimum Gasteiger partial charge on any atom is -0.363 e. The minimum absolute atomic E-state index is 0.527. The maximum Gasteiger partial charge on any atom is 0.156 e. The fraction of sp³-hybridized carbons (Fsp3) is 0.455. The summed E-state index contributed by atoms with van der Waals surface area (Å²) in [6.45, 7) is 2.13. The summed E-state index contributed by atoms with van der Waals surface area (Å²) in [6.07, 6.45) is 1.10. The van der Waals surface area contributed by atoms with Gasteiger partial charge in [0.15, 0.2) is 5.69 Å². The molecule has 0 amide bonds. The van der Waals surface area contributed by atoms with E-state index in [4.69, 9.17) is 5.26 Å². The number of rotatable bonds is 4. The van der Waals surface area contributed by atoms with Gasteiger partial charge in [-0.05, 0) is 24.3 Å². The summed E-state index contributed by atoms with van der Waals surface area (Å²) < 4.78 is 0. The quantitative estimate of drug-likeness (QED) is 0.732. The summed E-state index contributed by atoms with van der Waals surface area (Å²) in [6, 6.07) is 6.06. The zero-order valence-electron chi connectivity index (χ0n) is 9.32. The van der Waals surface area contributed by atoms with Gasteiger partial charge in [-0.3, -0.25) is 0 Å². The molecule has 80 valence electrons. The Morgan fingerprint density at radius 1 is 1.47 bits per heavy atom. The van der Waals surface area contributed by atoms with Crippen molar-refractivity contribution in [2.24, 2.45) is 0 Å². The molecule has 15 heavy (non-hydrogen) atoms. The van der Waals surface area contributed by atoms with Gasteiger partial charge in [0.05, 0.1) is 0 Å². The van der Waals surface area contributed by atoms with Crippen LogP contribution >= 0.6 is 11.8 Å². The number of thioether (sulfide) groups is 1. The van der Waals surface area contributed by atoms with Crippen LogP contribution in [0.2, 0.25) is 0 Å². The number of pyridine rings is 1. The monoisotopic (exact) mass is 221 g/mol. The fourth-order valence-electron chi connectivity index (χ4n) is 1.09. The normalized spacial score (nSPS) is 9.73. The first-order valence-electron chi connectivity index (χ1n) is 4.90. The predicted octanol–water partition coefficient (Wildman–Crippen LogP) is 2.52. The molecule has 0 unspecified atom stereocenters. The van der Waals surface area contributed by atoms with Gasteiger partial charge in [0.1, 0.15) is 11.9 Å². The smallest absolute Gasteiger partial charge is 0.156 e. The van der Waals surface area contributed by atoms with Gasteiger partial charge >= 0.3 is 0 Å². The highest BCUT2D eigenvalue weighted by Gasteiger charge is 2.06. The molecule has 0 saturated carbocycles. The van der Waals surface area contributed by atoms with Crippen molar-refractivity contribution in [1.82, 2.24) is 4.98 Å². The topological polar surface area (TPSA) is 39.9 Å². The van der Waals surface area contributed by atoms with E-state index in [1.165, 1.54) is 0 Å². The highest BCUT2D eigenvalue weighted by atomic mass is 32.2. The molecule has 1 aromatic heterocycles. The van der Waals surface area contributed by atoms with Gasteiger partial charge in [-0.25, -0.2) is 4.98 Å². The Hall–Kier alpha value is -1.21. The van der Waals surface area contributed by atoms with Crippen molar-refractivity contribution < 1.29 is 0 Å². The zero-order chi connectivity index (χ0) is 11.3. The summed E-state index contributed by atoms with van der Waals surface area (Å²) in [5.41, 5.74) is 0.527. The molecular formula is C11H15N3S. The van der Waals surface area contributed by atoms with Crippen LogP contribution in [-0.2, 0) is 0 Å². The summed E-state index contributed by atoms with van der Waals surface area (Å²) in [5, 5.41) is 8.98. The molecule has 0 aromatic carbocycles. The Balaban J connectivity index is 2.95. The Bertz CT molecular complexity index is 369. The Morgan fingerprint density at radius 2 is 2.20 bits per heavy atom. The molecule has 0 N–H and O–H groups in total. The van der Waals surface area contributed by atoms with Crippen LogP contribution < -0.4 is 4.90 Å². The van der Waals surface area contributed by atoms with Crippen molar-refractivity contribution >= 4 is 17.6 Å². The number of hydrogen-bond donors (Lipinski definition) is 0. The van der Waals surface area contributed by atoms with E-state index in [-0.39, 0.29) is 0 Å². The number of anilines is 1. The second-order valence-corrected chi connectivity index (χ2v) is 4.51. The van der Waals surface area contributed by atoms with Gasteiger partial charge in [-0.15, -0.1) is 11.8 Å². The second-order valence-electron chi connectivity index (χ2n) is 3.37. The average Bonchev–Trinajstić information content (AvgIpc) is 2.25. The number of nitriles is 1. The lowest BCUT2D eigenvalue weighted by atomic mass is 10.3. The fourth-order valence-corrected chi connectivity index (χ4v) is 1.91. The van der Waals surface area contributed by atoms with Crippen molar-refractivity contribution in [3.63, 3.8) is 0 Å². The standard InChI is InChI=1S/C11H15N3S/c1-4-7-15-10-5-6-11(14(2)3)13-9(10)8-12/h5-6H,4,7H2,1-3H3. The molecule has 1 aromatic rings. The lowest BCUT2D eigenvalue weighted by Gasteiger charge is -2.12. The Kier molecular flexibility index (Phi) is 4.44. The zero-order valence-corrected chi connectivity index (χ0v) is 10.1. The molecule has 0 saturated heterocycles. The third-order valence-electron chi connectivity index (χ3n) is 1.87. The van der Waals surface area contributed by atoms with E-state index < -0.39 is 0 Å². The van der Waals surface area contributed by atoms with E-state index in [2.05, 4.69) is 18.0 Å². The van der Waals surface area contributed by atoms with Crippen LogP contribution in [0, 0.1) is 11.3 Å². The molecule has 0 aliphatic carbocycles. The molecule has 3 nitrogen and oxygen atoms in total. The molecule has 0 spiro atoms. The third-order valence-corrected chi connectivity index (χ3v) is 3.12. The lowest BCUT2D eigenvalue weighted by molar-refractivity contribution is 1.04. The van der Waals surface area contributed by atoms with Crippen LogP contribution in [0.25, 0.3) is 0 Å². The van der Waals surface area contributed by atoms with Gasteiger partial charge in [0, 0.05) is 19.0 Å². The number of aromatic nitrogens is 1. The van der Waals surface area contributed by atoms with Crippen LogP contribution in [0.3, 0.4) is 0 Å². The summed E-state index contributed by atoms with van der Waals surface area (Å²) in [7, 11) is 3.84. The van der Waals surface area contributed by atoms with Crippen molar-refractivity contribution in [1.29, 1.82) is 5.26 Å². The van der Waals surface area contributed by atoms with Crippen LogP contribution in [0.1, 0.15) is 19.0 Å². The van der Waals surface area contributed by atoms with Gasteiger partial charge in [-0.1, -0.05) is 6.92 Å². The van der Waals surface area contributed by atoms with Crippen molar-refractivity contribution in [2.45, 2.75) is 18.2 Å². The highest BCUT2D eigenvalue weighted by Crippen LogP contribution is 2.23. The first kappa shape index (κ1) is 11.9. The predicted molar refractivity (Wildman–Crippen MR) is 64.3 cm³/mol. The maximum atomic E-state index is 8.98. The molecule has 1 rings (SSSR count). The molecule has 0 bridgehead atoms. The van der Waals surface area contributed by atoms with Crippen LogP contribution in [0.15, 0.2) is 17.0 Å². The summed E-state index contributed by atoms with van der Waals surface area (Å²) in [4.78, 5) is 7.16. The Labute approximate surface area is 95.1 Å². The van der Waals surface area contributed by atoms with E-state index in [0.717, 1.165) is 22.9 Å². The largest absolute Gasteiger partial charge is 0.363 e. The SMILES string of the molecule is CCCSc1ccc(N(C)C)nc1C#N.